The minimum atomic E-state index is -0.623. The van der Waals surface area contributed by atoms with E-state index in [0.29, 0.717) is 21.1 Å². The molecule has 0 radical (unpaired) electrons. The minimum absolute atomic E-state index is 0.355. The summed E-state index contributed by atoms with van der Waals surface area (Å²) in [6, 6.07) is 12.0. The summed E-state index contributed by atoms with van der Waals surface area (Å²) >= 11 is 6.65. The summed E-state index contributed by atoms with van der Waals surface area (Å²) in [6.07, 6.45) is 0. The Hall–Kier alpha value is -2.19. The molecule has 2 N–H and O–H groups in total. The van der Waals surface area contributed by atoms with E-state index in [1.54, 1.807) is 36.4 Å². The average Bonchev–Trinajstić information content (AvgIpc) is 2.55. The van der Waals surface area contributed by atoms with Gasteiger partial charge in [-0.25, -0.2) is 4.79 Å². The number of aromatic nitrogens is 2. The number of rotatable bonds is 3. The van der Waals surface area contributed by atoms with Gasteiger partial charge in [-0.2, -0.15) is 0 Å². The van der Waals surface area contributed by atoms with Crippen LogP contribution in [0, 0.1) is 0 Å². The van der Waals surface area contributed by atoms with Crippen molar-refractivity contribution in [3.63, 3.8) is 0 Å². The van der Waals surface area contributed by atoms with Crippen molar-refractivity contribution in [2.75, 3.05) is 5.32 Å². The van der Waals surface area contributed by atoms with Crippen LogP contribution < -0.4 is 16.6 Å². The van der Waals surface area contributed by atoms with Gasteiger partial charge in [0.05, 0.1) is 16.6 Å². The molecule has 1 heterocycles. The summed E-state index contributed by atoms with van der Waals surface area (Å²) in [4.78, 5) is 39.3. The van der Waals surface area contributed by atoms with E-state index in [9.17, 15) is 14.4 Å². The third-order valence-corrected chi connectivity index (χ3v) is 4.58. The molecule has 24 heavy (non-hydrogen) atoms. The lowest BCUT2D eigenvalue weighted by molar-refractivity contribution is -0.116. The number of H-pyrrole nitrogens is 1. The van der Waals surface area contributed by atoms with Gasteiger partial charge in [0.1, 0.15) is 6.54 Å². The van der Waals surface area contributed by atoms with Gasteiger partial charge < -0.3 is 10.3 Å². The van der Waals surface area contributed by atoms with Crippen molar-refractivity contribution in [1.82, 2.24) is 9.55 Å². The Morgan fingerprint density at radius 1 is 1.12 bits per heavy atom. The third-order valence-electron chi connectivity index (χ3n) is 3.39. The SMILES string of the molecule is O=C(Cn1c(=O)[nH]c2ccccc2c1=O)Nc1cc(Br)ccc1Br. The van der Waals surface area contributed by atoms with Crippen LogP contribution in [0.25, 0.3) is 10.9 Å². The molecule has 0 spiro atoms. The first-order valence-electron chi connectivity index (χ1n) is 6.92. The summed E-state index contributed by atoms with van der Waals surface area (Å²) in [7, 11) is 0. The highest BCUT2D eigenvalue weighted by molar-refractivity contribution is 9.11. The van der Waals surface area contributed by atoms with Crippen molar-refractivity contribution in [3.8, 4) is 0 Å². The molecule has 0 atom stereocenters. The van der Waals surface area contributed by atoms with Crippen LogP contribution in [-0.2, 0) is 11.3 Å². The summed E-state index contributed by atoms with van der Waals surface area (Å²) in [5, 5.41) is 3.03. The van der Waals surface area contributed by atoms with Crippen LogP contribution in [0.1, 0.15) is 0 Å². The van der Waals surface area contributed by atoms with Gasteiger partial charge in [0.15, 0.2) is 0 Å². The highest BCUT2D eigenvalue weighted by Gasteiger charge is 2.12. The van der Waals surface area contributed by atoms with Crippen LogP contribution >= 0.6 is 31.9 Å². The van der Waals surface area contributed by atoms with E-state index in [2.05, 4.69) is 42.2 Å². The molecule has 3 aromatic rings. The monoisotopic (exact) mass is 451 g/mol. The van der Waals surface area contributed by atoms with Crippen molar-refractivity contribution in [1.29, 1.82) is 0 Å². The van der Waals surface area contributed by atoms with E-state index in [0.717, 1.165) is 9.04 Å². The average molecular weight is 453 g/mol. The van der Waals surface area contributed by atoms with Gasteiger partial charge in [0, 0.05) is 8.95 Å². The zero-order chi connectivity index (χ0) is 17.3. The van der Waals surface area contributed by atoms with E-state index >= 15 is 0 Å². The van der Waals surface area contributed by atoms with E-state index in [-0.39, 0.29) is 6.54 Å². The molecule has 122 valence electrons. The van der Waals surface area contributed by atoms with Crippen molar-refractivity contribution < 1.29 is 4.79 Å². The van der Waals surface area contributed by atoms with E-state index in [4.69, 9.17) is 0 Å². The summed E-state index contributed by atoms with van der Waals surface area (Å²) in [5.74, 6) is -0.475. The lowest BCUT2D eigenvalue weighted by Crippen LogP contribution is -2.38. The number of hydrogen-bond donors (Lipinski definition) is 2. The molecule has 6 nitrogen and oxygen atoms in total. The molecule has 0 bridgehead atoms. The second kappa shape index (κ2) is 6.74. The number of carbonyl (C=O) groups excluding carboxylic acids is 1. The van der Waals surface area contributed by atoms with Gasteiger partial charge >= 0.3 is 5.69 Å². The number of fused-ring (bicyclic) bond motifs is 1. The maximum absolute atomic E-state index is 12.4. The molecule has 2 aromatic carbocycles. The summed E-state index contributed by atoms with van der Waals surface area (Å²) in [6.45, 7) is -0.377. The number of amides is 1. The molecule has 8 heteroatoms. The van der Waals surface area contributed by atoms with Gasteiger partial charge in [0.2, 0.25) is 5.91 Å². The van der Waals surface area contributed by atoms with Gasteiger partial charge in [0.25, 0.3) is 5.56 Å². The maximum Gasteiger partial charge on any atom is 0.329 e. The van der Waals surface area contributed by atoms with Crippen molar-refractivity contribution in [3.05, 3.63) is 72.2 Å². The number of halogens is 2. The molecule has 0 unspecified atom stereocenters. The molecule has 1 aromatic heterocycles. The zero-order valence-corrected chi connectivity index (χ0v) is 15.3. The molecular weight excluding hydrogens is 442 g/mol. The van der Waals surface area contributed by atoms with Crippen molar-refractivity contribution in [2.45, 2.75) is 6.54 Å². The van der Waals surface area contributed by atoms with Crippen LogP contribution in [0.3, 0.4) is 0 Å². The normalized spacial score (nSPS) is 10.8. The predicted molar refractivity (Wildman–Crippen MR) is 99.3 cm³/mol. The number of hydrogen-bond acceptors (Lipinski definition) is 3. The molecule has 0 saturated carbocycles. The molecule has 0 aliphatic heterocycles. The molecular formula is C16H11Br2N3O3. The molecule has 1 amide bonds. The second-order valence-corrected chi connectivity index (χ2v) is 6.81. The van der Waals surface area contributed by atoms with E-state index in [1.807, 2.05) is 6.07 Å². The Bertz CT molecular complexity index is 1060. The fourth-order valence-electron chi connectivity index (χ4n) is 2.27. The summed E-state index contributed by atoms with van der Waals surface area (Å²) < 4.78 is 2.37. The lowest BCUT2D eigenvalue weighted by Gasteiger charge is -2.09. The number of aromatic amines is 1. The van der Waals surface area contributed by atoms with Crippen LogP contribution in [0.4, 0.5) is 5.69 Å². The van der Waals surface area contributed by atoms with Gasteiger partial charge in [-0.3, -0.25) is 14.2 Å². The Morgan fingerprint density at radius 2 is 1.88 bits per heavy atom. The first-order chi connectivity index (χ1) is 11.5. The number of nitrogens with one attached hydrogen (secondary N) is 2. The van der Waals surface area contributed by atoms with E-state index < -0.39 is 17.2 Å². The van der Waals surface area contributed by atoms with Crippen molar-refractivity contribution in [2.24, 2.45) is 0 Å². The number of para-hydroxylation sites is 1. The number of benzene rings is 2. The van der Waals surface area contributed by atoms with Crippen LogP contribution in [0.2, 0.25) is 0 Å². The number of carbonyl (C=O) groups is 1. The fraction of sp³-hybridized carbons (Fsp3) is 0.0625. The Kier molecular flexibility index (Phi) is 4.68. The Labute approximate surface area is 152 Å². The molecule has 0 aliphatic rings. The Morgan fingerprint density at radius 3 is 2.67 bits per heavy atom. The standard InChI is InChI=1S/C16H11Br2N3O3/c17-9-5-6-11(18)13(7-9)19-14(22)8-21-15(23)10-3-1-2-4-12(10)20-16(21)24/h1-7H,8H2,(H,19,22)(H,20,24). The smallest absolute Gasteiger partial charge is 0.323 e. The Balaban J connectivity index is 1.92. The fourth-order valence-corrected chi connectivity index (χ4v) is 2.98. The zero-order valence-electron chi connectivity index (χ0n) is 12.2. The van der Waals surface area contributed by atoms with Gasteiger partial charge in [-0.15, -0.1) is 0 Å². The molecule has 0 fully saturated rings. The first kappa shape index (κ1) is 16.7. The second-order valence-electron chi connectivity index (χ2n) is 5.04. The van der Waals surface area contributed by atoms with Gasteiger partial charge in [-0.1, -0.05) is 28.1 Å². The predicted octanol–water partition coefficient (Wildman–Crippen LogP) is 2.85. The number of nitrogens with zero attached hydrogens (tertiary/aromatic N) is 1. The highest BCUT2D eigenvalue weighted by atomic mass is 79.9. The summed E-state index contributed by atoms with van der Waals surface area (Å²) in [5.41, 5.74) is -0.140. The highest BCUT2D eigenvalue weighted by Crippen LogP contribution is 2.26. The van der Waals surface area contributed by atoms with Crippen LogP contribution in [0.15, 0.2) is 61.0 Å². The van der Waals surface area contributed by atoms with Gasteiger partial charge in [-0.05, 0) is 46.3 Å². The lowest BCUT2D eigenvalue weighted by atomic mass is 10.2. The quantitative estimate of drug-likeness (QED) is 0.640. The maximum atomic E-state index is 12.4. The largest absolute Gasteiger partial charge is 0.329 e. The van der Waals surface area contributed by atoms with Crippen LogP contribution in [-0.4, -0.2) is 15.5 Å². The number of anilines is 1. The molecule has 0 aliphatic carbocycles. The van der Waals surface area contributed by atoms with Crippen molar-refractivity contribution >= 4 is 54.4 Å². The van der Waals surface area contributed by atoms with Crippen LogP contribution in [0.5, 0.6) is 0 Å². The minimum Gasteiger partial charge on any atom is -0.323 e. The first-order valence-corrected chi connectivity index (χ1v) is 8.51. The third kappa shape index (κ3) is 3.34. The molecule has 0 saturated heterocycles. The van der Waals surface area contributed by atoms with E-state index in [1.165, 1.54) is 0 Å². The molecule has 3 rings (SSSR count). The topological polar surface area (TPSA) is 84.0 Å².